The molecule has 0 spiro atoms. The Bertz CT molecular complexity index is 708. The van der Waals surface area contributed by atoms with Crippen LogP contribution in [0.2, 0.25) is 0 Å². The zero-order valence-corrected chi connectivity index (χ0v) is 14.9. The molecule has 3 rings (SSSR count). The molecule has 1 aromatic carbocycles. The van der Waals surface area contributed by atoms with Crippen molar-refractivity contribution in [2.24, 2.45) is 0 Å². The minimum absolute atomic E-state index is 0.00238. The van der Waals surface area contributed by atoms with Gasteiger partial charge in [0.15, 0.2) is 0 Å². The van der Waals surface area contributed by atoms with E-state index < -0.39 is 0 Å². The molecular weight excluding hydrogens is 332 g/mol. The zero-order chi connectivity index (χ0) is 18.2. The van der Waals surface area contributed by atoms with Gasteiger partial charge in [-0.05, 0) is 30.5 Å². The lowest BCUT2D eigenvalue weighted by molar-refractivity contribution is -0.124. The molecule has 6 nitrogen and oxygen atoms in total. The molecule has 2 atom stereocenters. The number of aromatic nitrogens is 1. The first-order valence-electron chi connectivity index (χ1n) is 8.83. The monoisotopic (exact) mass is 356 g/mol. The van der Waals surface area contributed by atoms with Crippen LogP contribution < -0.4 is 14.8 Å². The van der Waals surface area contributed by atoms with Crippen molar-refractivity contribution in [3.63, 3.8) is 0 Å². The highest BCUT2D eigenvalue weighted by molar-refractivity contribution is 5.76. The fraction of sp³-hybridized carbons (Fsp3) is 0.400. The first-order valence-corrected chi connectivity index (χ1v) is 8.83. The summed E-state index contributed by atoms with van der Waals surface area (Å²) in [6.45, 7) is 1.05. The highest BCUT2D eigenvalue weighted by Crippen LogP contribution is 2.19. The van der Waals surface area contributed by atoms with Crippen LogP contribution in [-0.2, 0) is 16.0 Å². The van der Waals surface area contributed by atoms with Gasteiger partial charge >= 0.3 is 0 Å². The van der Waals surface area contributed by atoms with Crippen molar-refractivity contribution in [1.82, 2.24) is 10.3 Å². The molecule has 1 saturated heterocycles. The molecule has 1 aromatic heterocycles. The summed E-state index contributed by atoms with van der Waals surface area (Å²) in [5.41, 5.74) is 1.03. The quantitative estimate of drug-likeness (QED) is 0.825. The van der Waals surface area contributed by atoms with Gasteiger partial charge in [0.05, 0.1) is 19.8 Å². The van der Waals surface area contributed by atoms with Crippen LogP contribution in [0.15, 0.2) is 48.7 Å². The minimum Gasteiger partial charge on any atom is -0.496 e. The second kappa shape index (κ2) is 9.20. The second-order valence-electron chi connectivity index (χ2n) is 6.17. The molecule has 0 saturated carbocycles. The number of pyridine rings is 1. The Balaban J connectivity index is 1.54. The number of benzene rings is 1. The summed E-state index contributed by atoms with van der Waals surface area (Å²) in [5, 5.41) is 3.08. The number of nitrogens with one attached hydrogen (secondary N) is 1. The van der Waals surface area contributed by atoms with Crippen molar-refractivity contribution < 1.29 is 19.0 Å². The van der Waals surface area contributed by atoms with Gasteiger partial charge in [0, 0.05) is 25.3 Å². The Morgan fingerprint density at radius 1 is 1.27 bits per heavy atom. The summed E-state index contributed by atoms with van der Waals surface area (Å²) in [6, 6.07) is 13.2. The van der Waals surface area contributed by atoms with Crippen molar-refractivity contribution in [3.05, 3.63) is 54.2 Å². The van der Waals surface area contributed by atoms with Gasteiger partial charge in [-0.3, -0.25) is 4.79 Å². The molecule has 0 aliphatic carbocycles. The average Bonchev–Trinajstić information content (AvgIpc) is 2.69. The van der Waals surface area contributed by atoms with Gasteiger partial charge in [0.2, 0.25) is 11.8 Å². The van der Waals surface area contributed by atoms with Crippen molar-refractivity contribution in [2.75, 3.05) is 20.3 Å². The highest BCUT2D eigenvalue weighted by atomic mass is 16.5. The predicted molar refractivity (Wildman–Crippen MR) is 97.3 cm³/mol. The van der Waals surface area contributed by atoms with Crippen LogP contribution in [-0.4, -0.2) is 43.4 Å². The molecule has 1 aliphatic heterocycles. The standard InChI is InChI=1S/C20H24N2O4/c1-24-17-7-3-2-6-15(17)9-10-19(23)22-16-11-13-25-14-18(16)26-20-8-4-5-12-21-20/h2-8,12,16,18H,9-11,13-14H2,1H3,(H,22,23). The Hall–Kier alpha value is -2.60. The lowest BCUT2D eigenvalue weighted by Gasteiger charge is -2.32. The molecule has 138 valence electrons. The van der Waals surface area contributed by atoms with Gasteiger partial charge in [-0.25, -0.2) is 4.98 Å². The molecule has 2 aromatic rings. The van der Waals surface area contributed by atoms with E-state index in [9.17, 15) is 4.79 Å². The smallest absolute Gasteiger partial charge is 0.220 e. The van der Waals surface area contributed by atoms with Crippen molar-refractivity contribution in [2.45, 2.75) is 31.4 Å². The van der Waals surface area contributed by atoms with Gasteiger partial charge in [0.25, 0.3) is 0 Å². The van der Waals surface area contributed by atoms with E-state index >= 15 is 0 Å². The van der Waals surface area contributed by atoms with E-state index in [0.717, 1.165) is 17.7 Å². The first-order chi connectivity index (χ1) is 12.8. The Kier molecular flexibility index (Phi) is 6.44. The Labute approximate surface area is 153 Å². The number of rotatable bonds is 7. The number of carbonyl (C=O) groups is 1. The van der Waals surface area contributed by atoms with Crippen LogP contribution in [0.3, 0.4) is 0 Å². The van der Waals surface area contributed by atoms with E-state index in [0.29, 0.717) is 31.9 Å². The molecule has 0 bridgehead atoms. The first kappa shape index (κ1) is 18.2. The Morgan fingerprint density at radius 3 is 2.92 bits per heavy atom. The number of carbonyl (C=O) groups excluding carboxylic acids is 1. The predicted octanol–water partition coefficient (Wildman–Crippen LogP) is 2.38. The molecule has 1 amide bonds. The highest BCUT2D eigenvalue weighted by Gasteiger charge is 2.29. The van der Waals surface area contributed by atoms with E-state index in [4.69, 9.17) is 14.2 Å². The Morgan fingerprint density at radius 2 is 2.12 bits per heavy atom. The lowest BCUT2D eigenvalue weighted by Crippen LogP contribution is -2.51. The fourth-order valence-corrected chi connectivity index (χ4v) is 3.00. The van der Waals surface area contributed by atoms with Crippen LogP contribution in [0.1, 0.15) is 18.4 Å². The van der Waals surface area contributed by atoms with Crippen LogP contribution in [0.25, 0.3) is 0 Å². The van der Waals surface area contributed by atoms with Crippen LogP contribution in [0.5, 0.6) is 11.6 Å². The van der Waals surface area contributed by atoms with E-state index in [1.165, 1.54) is 0 Å². The molecule has 1 fully saturated rings. The zero-order valence-electron chi connectivity index (χ0n) is 14.9. The molecule has 0 radical (unpaired) electrons. The van der Waals surface area contributed by atoms with E-state index in [-0.39, 0.29) is 18.1 Å². The fourth-order valence-electron chi connectivity index (χ4n) is 3.00. The summed E-state index contributed by atoms with van der Waals surface area (Å²) >= 11 is 0. The summed E-state index contributed by atoms with van der Waals surface area (Å²) < 4.78 is 16.7. The van der Waals surface area contributed by atoms with E-state index in [1.54, 1.807) is 19.4 Å². The lowest BCUT2D eigenvalue weighted by atomic mass is 10.0. The number of para-hydroxylation sites is 1. The van der Waals surface area contributed by atoms with Crippen LogP contribution in [0, 0.1) is 0 Å². The minimum atomic E-state index is -0.242. The van der Waals surface area contributed by atoms with Crippen LogP contribution in [0.4, 0.5) is 0 Å². The second-order valence-corrected chi connectivity index (χ2v) is 6.17. The summed E-state index contributed by atoms with van der Waals surface area (Å²) in [4.78, 5) is 16.6. The number of nitrogens with zero attached hydrogens (tertiary/aromatic N) is 1. The molecule has 1 N–H and O–H groups in total. The third-order valence-electron chi connectivity index (χ3n) is 4.37. The van der Waals surface area contributed by atoms with Crippen LogP contribution >= 0.6 is 0 Å². The van der Waals surface area contributed by atoms with Gasteiger partial charge < -0.3 is 19.5 Å². The number of amides is 1. The summed E-state index contributed by atoms with van der Waals surface area (Å²) in [7, 11) is 1.64. The summed E-state index contributed by atoms with van der Waals surface area (Å²) in [6.07, 6.45) is 3.19. The normalized spacial score (nSPS) is 19.6. The van der Waals surface area contributed by atoms with Crippen molar-refractivity contribution in [1.29, 1.82) is 0 Å². The maximum atomic E-state index is 12.4. The van der Waals surface area contributed by atoms with E-state index in [1.807, 2.05) is 36.4 Å². The third-order valence-corrected chi connectivity index (χ3v) is 4.37. The van der Waals surface area contributed by atoms with Crippen molar-refractivity contribution in [3.8, 4) is 11.6 Å². The van der Waals surface area contributed by atoms with Gasteiger partial charge in [0.1, 0.15) is 11.9 Å². The maximum absolute atomic E-state index is 12.4. The average molecular weight is 356 g/mol. The SMILES string of the molecule is COc1ccccc1CCC(=O)NC1CCOCC1Oc1ccccn1. The van der Waals surface area contributed by atoms with E-state index in [2.05, 4.69) is 10.3 Å². The number of methoxy groups -OCH3 is 1. The molecule has 1 aliphatic rings. The largest absolute Gasteiger partial charge is 0.496 e. The summed E-state index contributed by atoms with van der Waals surface area (Å²) in [5.74, 6) is 1.34. The topological polar surface area (TPSA) is 69.7 Å². The van der Waals surface area contributed by atoms with Gasteiger partial charge in [-0.15, -0.1) is 0 Å². The third kappa shape index (κ3) is 4.95. The number of hydrogen-bond donors (Lipinski definition) is 1. The maximum Gasteiger partial charge on any atom is 0.220 e. The molecular formula is C20H24N2O4. The number of ether oxygens (including phenoxy) is 3. The van der Waals surface area contributed by atoms with Crippen molar-refractivity contribution >= 4 is 5.91 Å². The van der Waals surface area contributed by atoms with Gasteiger partial charge in [-0.1, -0.05) is 24.3 Å². The molecule has 26 heavy (non-hydrogen) atoms. The molecule has 2 unspecified atom stereocenters. The number of aryl methyl sites for hydroxylation is 1. The molecule has 2 heterocycles. The van der Waals surface area contributed by atoms with Gasteiger partial charge in [-0.2, -0.15) is 0 Å². The number of hydrogen-bond acceptors (Lipinski definition) is 5. The molecule has 6 heteroatoms.